The summed E-state index contributed by atoms with van der Waals surface area (Å²) < 4.78 is 18.3. The van der Waals surface area contributed by atoms with Gasteiger partial charge in [0.05, 0.1) is 28.5 Å². The summed E-state index contributed by atoms with van der Waals surface area (Å²) in [7, 11) is 3.92. The van der Waals surface area contributed by atoms with Gasteiger partial charge in [-0.3, -0.25) is 9.36 Å². The smallest absolute Gasteiger partial charge is 0.338 e. The van der Waals surface area contributed by atoms with E-state index in [2.05, 4.69) is 4.99 Å². The Morgan fingerprint density at radius 1 is 1.20 bits per heavy atom. The van der Waals surface area contributed by atoms with Crippen molar-refractivity contribution in [2.75, 3.05) is 32.4 Å². The molecule has 0 spiro atoms. The first-order valence-electron chi connectivity index (χ1n) is 11.2. The molecule has 0 amide bonds. The molecule has 180 valence electrons. The van der Waals surface area contributed by atoms with Crippen LogP contribution in [0.5, 0.6) is 11.5 Å². The van der Waals surface area contributed by atoms with E-state index in [0.29, 0.717) is 32.1 Å². The minimum Gasteiger partial charge on any atom is -0.463 e. The Balaban J connectivity index is 1.67. The average molecular weight is 492 g/mol. The highest BCUT2D eigenvalue weighted by Crippen LogP contribution is 2.33. The molecule has 0 saturated carbocycles. The lowest BCUT2D eigenvalue weighted by Crippen LogP contribution is -2.39. The number of carbonyl (C=O) groups excluding carboxylic acids is 1. The normalized spacial score (nSPS) is 16.7. The lowest BCUT2D eigenvalue weighted by molar-refractivity contribution is -0.139. The molecule has 0 fully saturated rings. The van der Waals surface area contributed by atoms with E-state index in [4.69, 9.17) is 14.2 Å². The highest BCUT2D eigenvalue weighted by atomic mass is 32.1. The van der Waals surface area contributed by atoms with Crippen LogP contribution in [0, 0.1) is 0 Å². The van der Waals surface area contributed by atoms with Crippen molar-refractivity contribution < 1.29 is 19.0 Å². The maximum atomic E-state index is 13.7. The average Bonchev–Trinajstić information content (AvgIpc) is 3.42. The zero-order chi connectivity index (χ0) is 24.7. The van der Waals surface area contributed by atoms with E-state index in [9.17, 15) is 9.59 Å². The largest absolute Gasteiger partial charge is 0.463 e. The van der Waals surface area contributed by atoms with Crippen LogP contribution in [-0.2, 0) is 9.53 Å². The number of ether oxygens (including phenoxy) is 3. The molecular weight excluding hydrogens is 466 g/mol. The third kappa shape index (κ3) is 4.12. The van der Waals surface area contributed by atoms with Gasteiger partial charge in [-0.25, -0.2) is 9.79 Å². The lowest BCUT2D eigenvalue weighted by atomic mass is 9.95. The van der Waals surface area contributed by atoms with Crippen molar-refractivity contribution in [3.8, 4) is 11.5 Å². The molecule has 1 aromatic heterocycles. The number of fused-ring (bicyclic) bond motifs is 2. The Morgan fingerprint density at radius 2 is 1.94 bits per heavy atom. The van der Waals surface area contributed by atoms with Crippen molar-refractivity contribution in [2.45, 2.75) is 19.9 Å². The van der Waals surface area contributed by atoms with Gasteiger partial charge in [-0.1, -0.05) is 29.5 Å². The van der Waals surface area contributed by atoms with Crippen molar-refractivity contribution in [3.63, 3.8) is 0 Å². The zero-order valence-corrected chi connectivity index (χ0v) is 20.7. The summed E-state index contributed by atoms with van der Waals surface area (Å²) in [5.74, 6) is 0.853. The number of nitrogens with zero attached hydrogens (tertiary/aromatic N) is 3. The van der Waals surface area contributed by atoms with Gasteiger partial charge >= 0.3 is 5.97 Å². The first-order valence-corrected chi connectivity index (χ1v) is 12.1. The van der Waals surface area contributed by atoms with E-state index < -0.39 is 12.0 Å². The summed E-state index contributed by atoms with van der Waals surface area (Å²) in [4.78, 5) is 33.8. The number of thiazole rings is 1. The molecule has 2 aliphatic heterocycles. The molecule has 1 atom stereocenters. The van der Waals surface area contributed by atoms with Gasteiger partial charge in [0, 0.05) is 19.8 Å². The molecule has 0 N–H and O–H groups in total. The molecule has 0 bridgehead atoms. The molecule has 3 heterocycles. The second-order valence-corrected chi connectivity index (χ2v) is 9.41. The third-order valence-electron chi connectivity index (χ3n) is 5.94. The van der Waals surface area contributed by atoms with Crippen molar-refractivity contribution in [1.29, 1.82) is 0 Å². The topological polar surface area (TPSA) is 82.4 Å². The second-order valence-electron chi connectivity index (χ2n) is 8.40. The lowest BCUT2D eigenvalue weighted by Gasteiger charge is -2.25. The predicted octanol–water partition coefficient (Wildman–Crippen LogP) is 2.59. The summed E-state index contributed by atoms with van der Waals surface area (Å²) in [5, 5.41) is 0. The highest BCUT2D eigenvalue weighted by Gasteiger charge is 2.33. The Morgan fingerprint density at radius 3 is 2.66 bits per heavy atom. The molecule has 0 aliphatic carbocycles. The number of carbonyl (C=O) groups is 1. The molecule has 0 saturated heterocycles. The third-order valence-corrected chi connectivity index (χ3v) is 6.92. The van der Waals surface area contributed by atoms with Gasteiger partial charge in [-0.2, -0.15) is 0 Å². The van der Waals surface area contributed by atoms with Crippen LogP contribution in [0.15, 0.2) is 63.5 Å². The summed E-state index contributed by atoms with van der Waals surface area (Å²) in [6.45, 7) is 3.96. The van der Waals surface area contributed by atoms with E-state index in [1.165, 1.54) is 11.3 Å². The zero-order valence-electron chi connectivity index (χ0n) is 19.9. The highest BCUT2D eigenvalue weighted by molar-refractivity contribution is 7.07. The van der Waals surface area contributed by atoms with E-state index in [1.54, 1.807) is 24.5 Å². The van der Waals surface area contributed by atoms with E-state index in [0.717, 1.165) is 16.8 Å². The minimum atomic E-state index is -0.639. The van der Waals surface area contributed by atoms with Crippen molar-refractivity contribution in [3.05, 3.63) is 84.5 Å². The van der Waals surface area contributed by atoms with Gasteiger partial charge in [-0.15, -0.1) is 0 Å². The molecule has 5 rings (SSSR count). The minimum absolute atomic E-state index is 0.184. The summed E-state index contributed by atoms with van der Waals surface area (Å²) in [6, 6.07) is 12.7. The fourth-order valence-electron chi connectivity index (χ4n) is 4.22. The van der Waals surface area contributed by atoms with Crippen LogP contribution in [0.1, 0.15) is 31.0 Å². The maximum Gasteiger partial charge on any atom is 0.338 e. The SMILES string of the molecule is CCOC(=O)C1=C(C)N=c2s/c(=C\c3ccc4c(c3)OCO4)c(=O)n2C1c1ccc(N(C)C)cc1. The molecule has 0 radical (unpaired) electrons. The predicted molar refractivity (Wildman–Crippen MR) is 134 cm³/mol. The van der Waals surface area contributed by atoms with Crippen LogP contribution in [0.4, 0.5) is 5.69 Å². The van der Waals surface area contributed by atoms with E-state index >= 15 is 0 Å². The molecule has 8 nitrogen and oxygen atoms in total. The Kier molecular flexibility index (Phi) is 5.94. The van der Waals surface area contributed by atoms with Crippen molar-refractivity contribution in [1.82, 2.24) is 4.57 Å². The van der Waals surface area contributed by atoms with Gasteiger partial charge in [0.15, 0.2) is 16.3 Å². The molecule has 2 aromatic carbocycles. The fraction of sp³-hybridized carbons (Fsp3) is 0.269. The first kappa shape index (κ1) is 22.9. The number of hydrogen-bond acceptors (Lipinski definition) is 8. The van der Waals surface area contributed by atoms with Crippen LogP contribution in [0.25, 0.3) is 6.08 Å². The molecule has 1 unspecified atom stereocenters. The second kappa shape index (κ2) is 9.07. The van der Waals surface area contributed by atoms with Crippen LogP contribution >= 0.6 is 11.3 Å². The molecule has 9 heteroatoms. The van der Waals surface area contributed by atoms with Gasteiger partial charge < -0.3 is 19.1 Å². The van der Waals surface area contributed by atoms with Crippen molar-refractivity contribution in [2.24, 2.45) is 4.99 Å². The number of aromatic nitrogens is 1. The molecular formula is C26H25N3O5S. The monoisotopic (exact) mass is 491 g/mol. The number of anilines is 1. The van der Waals surface area contributed by atoms with Gasteiger partial charge in [0.25, 0.3) is 5.56 Å². The quantitative estimate of drug-likeness (QED) is 0.511. The fourth-order valence-corrected chi connectivity index (χ4v) is 5.26. The summed E-state index contributed by atoms with van der Waals surface area (Å²) >= 11 is 1.29. The number of hydrogen-bond donors (Lipinski definition) is 0. The molecule has 35 heavy (non-hydrogen) atoms. The standard InChI is InChI=1S/C26H25N3O5S/c1-5-32-25(31)22-15(2)27-26-29(23(22)17-7-9-18(10-8-17)28(3)4)24(30)21(35-26)13-16-6-11-19-20(12-16)34-14-33-19/h6-13,23H,5,14H2,1-4H3/b21-13-. The first-order chi connectivity index (χ1) is 16.9. The van der Waals surface area contributed by atoms with Crippen LogP contribution in [0.3, 0.4) is 0 Å². The number of benzene rings is 2. The maximum absolute atomic E-state index is 13.7. The van der Waals surface area contributed by atoms with Crippen molar-refractivity contribution >= 4 is 29.1 Å². The van der Waals surface area contributed by atoms with E-state index in [1.807, 2.05) is 61.5 Å². The Hall–Kier alpha value is -3.85. The number of esters is 1. The molecule has 2 aliphatic rings. The van der Waals surface area contributed by atoms with Crippen LogP contribution in [-0.4, -0.2) is 38.0 Å². The van der Waals surface area contributed by atoms with Gasteiger partial charge in [0.2, 0.25) is 6.79 Å². The number of rotatable bonds is 5. The molecule has 3 aromatic rings. The number of allylic oxidation sites excluding steroid dienone is 1. The van der Waals surface area contributed by atoms with Crippen LogP contribution in [0.2, 0.25) is 0 Å². The van der Waals surface area contributed by atoms with Gasteiger partial charge in [-0.05, 0) is 55.3 Å². The summed E-state index contributed by atoms with van der Waals surface area (Å²) in [6.07, 6.45) is 1.81. The Bertz CT molecular complexity index is 1520. The van der Waals surface area contributed by atoms with Crippen LogP contribution < -0.4 is 29.3 Å². The van der Waals surface area contributed by atoms with Gasteiger partial charge in [0.1, 0.15) is 0 Å². The summed E-state index contributed by atoms with van der Waals surface area (Å²) in [5.41, 5.74) is 3.33. The Labute approximate surface area is 206 Å². The van der Waals surface area contributed by atoms with E-state index in [-0.39, 0.29) is 19.0 Å².